The second-order valence-corrected chi connectivity index (χ2v) is 3.65. The second kappa shape index (κ2) is 6.67. The molecule has 6 heteroatoms. The Morgan fingerprint density at radius 2 is 2.35 bits per heavy atom. The lowest BCUT2D eigenvalue weighted by Crippen LogP contribution is -2.17. The van der Waals surface area contributed by atoms with Gasteiger partial charge in [0.15, 0.2) is 0 Å². The summed E-state index contributed by atoms with van der Waals surface area (Å²) in [5, 5.41) is 11.7. The summed E-state index contributed by atoms with van der Waals surface area (Å²) in [6.45, 7) is 4.33. The molecule has 6 nitrogen and oxygen atoms in total. The van der Waals surface area contributed by atoms with E-state index in [4.69, 9.17) is 9.84 Å². The van der Waals surface area contributed by atoms with E-state index in [9.17, 15) is 4.79 Å². The molecule has 0 saturated carbocycles. The molecule has 1 atom stereocenters. The van der Waals surface area contributed by atoms with Gasteiger partial charge in [0.1, 0.15) is 12.1 Å². The van der Waals surface area contributed by atoms with E-state index in [2.05, 4.69) is 15.3 Å². The van der Waals surface area contributed by atoms with Crippen LogP contribution in [0.1, 0.15) is 26.7 Å². The van der Waals surface area contributed by atoms with Crippen LogP contribution in [0.5, 0.6) is 5.88 Å². The number of anilines is 1. The number of nitrogens with one attached hydrogen (secondary N) is 1. The third-order valence-electron chi connectivity index (χ3n) is 2.12. The normalized spacial score (nSPS) is 11.9. The minimum atomic E-state index is -0.795. The quantitative estimate of drug-likeness (QED) is 0.750. The van der Waals surface area contributed by atoms with Crippen molar-refractivity contribution in [2.24, 2.45) is 0 Å². The number of carbonyl (C=O) groups is 1. The summed E-state index contributed by atoms with van der Waals surface area (Å²) < 4.78 is 5.24. The lowest BCUT2D eigenvalue weighted by Gasteiger charge is -2.13. The second-order valence-electron chi connectivity index (χ2n) is 3.65. The Morgan fingerprint density at radius 3 is 3.00 bits per heavy atom. The fraction of sp³-hybridized carbons (Fsp3) is 0.545. The fourth-order valence-electron chi connectivity index (χ4n) is 1.31. The maximum atomic E-state index is 10.4. The zero-order valence-corrected chi connectivity index (χ0v) is 10.0. The fourth-order valence-corrected chi connectivity index (χ4v) is 1.31. The van der Waals surface area contributed by atoms with Crippen LogP contribution in [-0.2, 0) is 4.79 Å². The van der Waals surface area contributed by atoms with Gasteiger partial charge in [-0.25, -0.2) is 9.97 Å². The molecule has 2 N–H and O–H groups in total. The molecule has 0 fully saturated rings. The molecule has 0 aliphatic rings. The molecule has 94 valence electrons. The minimum absolute atomic E-state index is 0.0375. The molecule has 0 amide bonds. The summed E-state index contributed by atoms with van der Waals surface area (Å²) in [6.07, 6.45) is 2.10. The van der Waals surface area contributed by atoms with Crippen molar-refractivity contribution < 1.29 is 14.6 Å². The average molecular weight is 239 g/mol. The van der Waals surface area contributed by atoms with E-state index < -0.39 is 5.97 Å². The highest BCUT2D eigenvalue weighted by molar-refractivity contribution is 5.66. The first-order valence-electron chi connectivity index (χ1n) is 5.55. The van der Waals surface area contributed by atoms with Crippen molar-refractivity contribution >= 4 is 11.8 Å². The monoisotopic (exact) mass is 239 g/mol. The largest absolute Gasteiger partial charge is 0.481 e. The molecule has 0 bridgehead atoms. The topological polar surface area (TPSA) is 84.3 Å². The number of hydrogen-bond acceptors (Lipinski definition) is 5. The van der Waals surface area contributed by atoms with E-state index in [1.54, 1.807) is 6.07 Å². The minimum Gasteiger partial charge on any atom is -0.481 e. The maximum absolute atomic E-state index is 10.4. The number of nitrogens with zero attached hydrogens (tertiary/aromatic N) is 2. The summed E-state index contributed by atoms with van der Waals surface area (Å²) in [4.78, 5) is 18.4. The van der Waals surface area contributed by atoms with Gasteiger partial charge in [-0.2, -0.15) is 0 Å². The Kier molecular flexibility index (Phi) is 5.19. The average Bonchev–Trinajstić information content (AvgIpc) is 2.27. The molecule has 0 aliphatic heterocycles. The first-order chi connectivity index (χ1) is 8.11. The highest BCUT2D eigenvalue weighted by Crippen LogP contribution is 2.13. The third kappa shape index (κ3) is 5.14. The molecule has 0 radical (unpaired) electrons. The van der Waals surface area contributed by atoms with E-state index >= 15 is 0 Å². The van der Waals surface area contributed by atoms with Gasteiger partial charge in [-0.05, 0) is 20.3 Å². The summed E-state index contributed by atoms with van der Waals surface area (Å²) >= 11 is 0. The molecule has 17 heavy (non-hydrogen) atoms. The first-order valence-corrected chi connectivity index (χ1v) is 5.55. The van der Waals surface area contributed by atoms with Gasteiger partial charge < -0.3 is 15.2 Å². The molecule has 0 aliphatic carbocycles. The molecule has 0 aromatic carbocycles. The van der Waals surface area contributed by atoms with Gasteiger partial charge in [0, 0.05) is 18.5 Å². The van der Waals surface area contributed by atoms with Crippen molar-refractivity contribution in [3.8, 4) is 5.88 Å². The van der Waals surface area contributed by atoms with E-state index in [0.717, 1.165) is 0 Å². The zero-order valence-electron chi connectivity index (χ0n) is 10.0. The molecule has 1 unspecified atom stereocenters. The molecule has 0 spiro atoms. The SMILES string of the molecule is CCOc1cc(NC(C)CCC(=O)O)ncn1. The summed E-state index contributed by atoms with van der Waals surface area (Å²) in [5.41, 5.74) is 0. The Hall–Kier alpha value is -1.85. The van der Waals surface area contributed by atoms with Crippen LogP contribution in [0.4, 0.5) is 5.82 Å². The number of aromatic nitrogens is 2. The summed E-state index contributed by atoms with van der Waals surface area (Å²) in [7, 11) is 0. The predicted octanol–water partition coefficient (Wildman–Crippen LogP) is 1.54. The van der Waals surface area contributed by atoms with Crippen molar-refractivity contribution in [1.29, 1.82) is 0 Å². The third-order valence-corrected chi connectivity index (χ3v) is 2.12. The van der Waals surface area contributed by atoms with Crippen LogP contribution in [0.15, 0.2) is 12.4 Å². The molecule has 1 aromatic rings. The van der Waals surface area contributed by atoms with Crippen LogP contribution in [0.25, 0.3) is 0 Å². The molecule has 0 saturated heterocycles. The smallest absolute Gasteiger partial charge is 0.303 e. The number of rotatable bonds is 7. The van der Waals surface area contributed by atoms with Gasteiger partial charge >= 0.3 is 5.97 Å². The van der Waals surface area contributed by atoms with Gasteiger partial charge in [0.25, 0.3) is 0 Å². The molecule has 1 heterocycles. The summed E-state index contributed by atoms with van der Waals surface area (Å²) in [6, 6.07) is 1.73. The van der Waals surface area contributed by atoms with Crippen molar-refractivity contribution in [3.63, 3.8) is 0 Å². The summed E-state index contributed by atoms with van der Waals surface area (Å²) in [5.74, 6) is 0.355. The van der Waals surface area contributed by atoms with Crippen molar-refractivity contribution in [2.75, 3.05) is 11.9 Å². The van der Waals surface area contributed by atoms with E-state index in [-0.39, 0.29) is 12.5 Å². The van der Waals surface area contributed by atoms with Crippen LogP contribution >= 0.6 is 0 Å². The predicted molar refractivity (Wildman–Crippen MR) is 63.2 cm³/mol. The van der Waals surface area contributed by atoms with E-state index in [1.165, 1.54) is 6.33 Å². The lowest BCUT2D eigenvalue weighted by atomic mass is 10.2. The van der Waals surface area contributed by atoms with Gasteiger partial charge in [-0.3, -0.25) is 4.79 Å². The number of carboxylic acid groups (broad SMARTS) is 1. The number of carboxylic acids is 1. The molecular formula is C11H17N3O3. The highest BCUT2D eigenvalue weighted by Gasteiger charge is 2.06. The lowest BCUT2D eigenvalue weighted by molar-refractivity contribution is -0.137. The van der Waals surface area contributed by atoms with Gasteiger partial charge in [-0.15, -0.1) is 0 Å². The van der Waals surface area contributed by atoms with Crippen LogP contribution in [0, 0.1) is 0 Å². The maximum Gasteiger partial charge on any atom is 0.303 e. The standard InChI is InChI=1S/C11H17N3O3/c1-3-17-10-6-9(12-7-13-10)14-8(2)4-5-11(15)16/h6-8H,3-5H2,1-2H3,(H,15,16)(H,12,13,14). The van der Waals surface area contributed by atoms with Gasteiger partial charge in [-0.1, -0.05) is 0 Å². The zero-order chi connectivity index (χ0) is 12.7. The van der Waals surface area contributed by atoms with Crippen LogP contribution in [-0.4, -0.2) is 33.7 Å². The Morgan fingerprint density at radius 1 is 1.59 bits per heavy atom. The Labute approximate surface area is 100 Å². The number of ether oxygens (including phenoxy) is 1. The van der Waals surface area contributed by atoms with Gasteiger partial charge in [0.05, 0.1) is 6.61 Å². The van der Waals surface area contributed by atoms with Crippen LogP contribution in [0.2, 0.25) is 0 Å². The van der Waals surface area contributed by atoms with Crippen molar-refractivity contribution in [3.05, 3.63) is 12.4 Å². The Bertz CT molecular complexity index is 371. The van der Waals surface area contributed by atoms with E-state index in [1.807, 2.05) is 13.8 Å². The van der Waals surface area contributed by atoms with E-state index in [0.29, 0.717) is 24.7 Å². The van der Waals surface area contributed by atoms with Crippen molar-refractivity contribution in [2.45, 2.75) is 32.7 Å². The number of hydrogen-bond donors (Lipinski definition) is 2. The molecular weight excluding hydrogens is 222 g/mol. The Balaban J connectivity index is 2.49. The van der Waals surface area contributed by atoms with Crippen LogP contribution < -0.4 is 10.1 Å². The highest BCUT2D eigenvalue weighted by atomic mass is 16.5. The van der Waals surface area contributed by atoms with Crippen LogP contribution in [0.3, 0.4) is 0 Å². The van der Waals surface area contributed by atoms with Gasteiger partial charge in [0.2, 0.25) is 5.88 Å². The van der Waals surface area contributed by atoms with Crippen molar-refractivity contribution in [1.82, 2.24) is 9.97 Å². The molecule has 1 aromatic heterocycles. The first kappa shape index (κ1) is 13.2. The molecule has 1 rings (SSSR count). The number of aliphatic carboxylic acids is 1.